The van der Waals surface area contributed by atoms with E-state index in [-0.39, 0.29) is 17.7 Å². The Morgan fingerprint density at radius 2 is 2.04 bits per heavy atom. The van der Waals surface area contributed by atoms with Crippen molar-refractivity contribution in [3.05, 3.63) is 51.5 Å². The molecule has 1 unspecified atom stereocenters. The van der Waals surface area contributed by atoms with Gasteiger partial charge in [-0.1, -0.05) is 0 Å². The first-order valence-corrected chi connectivity index (χ1v) is 10.2. The molecule has 3 heterocycles. The number of aryl methyl sites for hydroxylation is 1. The highest BCUT2D eigenvalue weighted by Crippen LogP contribution is 2.33. The van der Waals surface area contributed by atoms with Crippen molar-refractivity contribution in [2.75, 3.05) is 26.3 Å². The van der Waals surface area contributed by atoms with Crippen LogP contribution in [0.1, 0.15) is 32.1 Å². The normalized spacial score (nSPS) is 19.4. The fourth-order valence-corrected chi connectivity index (χ4v) is 4.79. The standard InChI is InChI=1S/C20H23N3O3S/c24-19(22-13-14-3-5-21-6-4-14)15-1-2-17-16(11-15)12-18(27-17)20(25)23-7-9-26-10-8-23/h3-6,12,15H,1-2,7-11,13H2,(H,22,24). The van der Waals surface area contributed by atoms with Gasteiger partial charge in [0.1, 0.15) is 0 Å². The van der Waals surface area contributed by atoms with E-state index in [0.717, 1.165) is 28.8 Å². The first kappa shape index (κ1) is 18.1. The Hall–Kier alpha value is -2.25. The maximum absolute atomic E-state index is 12.7. The summed E-state index contributed by atoms with van der Waals surface area (Å²) in [6, 6.07) is 5.81. The molecule has 0 bridgehead atoms. The van der Waals surface area contributed by atoms with Crippen LogP contribution in [0.5, 0.6) is 0 Å². The van der Waals surface area contributed by atoms with Crippen molar-refractivity contribution in [1.29, 1.82) is 0 Å². The molecule has 2 amide bonds. The number of ether oxygens (including phenoxy) is 1. The van der Waals surface area contributed by atoms with Crippen molar-refractivity contribution >= 4 is 23.2 Å². The molecule has 1 atom stereocenters. The van der Waals surface area contributed by atoms with E-state index in [9.17, 15) is 9.59 Å². The maximum atomic E-state index is 12.7. The Morgan fingerprint density at radius 3 is 2.81 bits per heavy atom. The summed E-state index contributed by atoms with van der Waals surface area (Å²) >= 11 is 1.59. The number of morpholine rings is 1. The summed E-state index contributed by atoms with van der Waals surface area (Å²) < 4.78 is 5.32. The number of hydrogen-bond donors (Lipinski definition) is 1. The van der Waals surface area contributed by atoms with Gasteiger partial charge in [-0.2, -0.15) is 0 Å². The van der Waals surface area contributed by atoms with E-state index in [0.29, 0.717) is 39.3 Å². The minimum atomic E-state index is -0.0275. The number of nitrogens with one attached hydrogen (secondary N) is 1. The van der Waals surface area contributed by atoms with E-state index in [1.165, 1.54) is 4.88 Å². The van der Waals surface area contributed by atoms with Gasteiger partial charge in [-0.3, -0.25) is 14.6 Å². The third-order valence-corrected chi connectivity index (χ3v) is 6.40. The van der Waals surface area contributed by atoms with E-state index in [4.69, 9.17) is 4.74 Å². The van der Waals surface area contributed by atoms with Crippen molar-refractivity contribution in [3.63, 3.8) is 0 Å². The molecule has 6 nitrogen and oxygen atoms in total. The number of thiophene rings is 1. The summed E-state index contributed by atoms with van der Waals surface area (Å²) in [6.45, 7) is 3.05. The first-order valence-electron chi connectivity index (χ1n) is 9.36. The second kappa shape index (κ2) is 8.19. The molecule has 0 saturated carbocycles. The molecule has 4 rings (SSSR count). The topological polar surface area (TPSA) is 71.5 Å². The van der Waals surface area contributed by atoms with Gasteiger partial charge >= 0.3 is 0 Å². The summed E-state index contributed by atoms with van der Waals surface area (Å²) in [4.78, 5) is 33.1. The van der Waals surface area contributed by atoms with Gasteiger partial charge in [0, 0.05) is 42.8 Å². The molecule has 1 fully saturated rings. The smallest absolute Gasteiger partial charge is 0.264 e. The van der Waals surface area contributed by atoms with Gasteiger partial charge in [0.15, 0.2) is 0 Å². The van der Waals surface area contributed by atoms with Gasteiger partial charge in [0.05, 0.1) is 18.1 Å². The largest absolute Gasteiger partial charge is 0.378 e. The van der Waals surface area contributed by atoms with Crippen LogP contribution in [0.25, 0.3) is 0 Å². The Labute approximate surface area is 162 Å². The number of rotatable bonds is 4. The molecule has 0 aromatic carbocycles. The molecule has 142 valence electrons. The van der Waals surface area contributed by atoms with Crippen LogP contribution < -0.4 is 5.32 Å². The predicted octanol–water partition coefficient (Wildman–Crippen LogP) is 2.04. The summed E-state index contributed by atoms with van der Waals surface area (Å²) in [5.74, 6) is 0.154. The Kier molecular flexibility index (Phi) is 5.50. The highest BCUT2D eigenvalue weighted by molar-refractivity contribution is 7.14. The van der Waals surface area contributed by atoms with Crippen molar-refractivity contribution < 1.29 is 14.3 Å². The lowest BCUT2D eigenvalue weighted by Gasteiger charge is -2.26. The van der Waals surface area contributed by atoms with Gasteiger partial charge in [-0.05, 0) is 48.6 Å². The third kappa shape index (κ3) is 4.20. The minimum absolute atomic E-state index is 0.0275. The van der Waals surface area contributed by atoms with Crippen molar-refractivity contribution in [3.8, 4) is 0 Å². The summed E-state index contributed by atoms with van der Waals surface area (Å²) in [6.07, 6.45) is 5.87. The minimum Gasteiger partial charge on any atom is -0.378 e. The molecule has 1 saturated heterocycles. The average Bonchev–Trinajstić information content (AvgIpc) is 3.16. The third-order valence-electron chi connectivity index (χ3n) is 5.18. The van der Waals surface area contributed by atoms with Gasteiger partial charge < -0.3 is 15.0 Å². The number of carbonyl (C=O) groups excluding carboxylic acids is 2. The van der Waals surface area contributed by atoms with Crippen molar-refractivity contribution in [2.24, 2.45) is 5.92 Å². The lowest BCUT2D eigenvalue weighted by Crippen LogP contribution is -2.40. The average molecular weight is 385 g/mol. The number of fused-ring (bicyclic) bond motifs is 1. The number of amides is 2. The highest BCUT2D eigenvalue weighted by Gasteiger charge is 2.28. The van der Waals surface area contributed by atoms with Crippen LogP contribution in [0.2, 0.25) is 0 Å². The fraction of sp³-hybridized carbons (Fsp3) is 0.450. The number of hydrogen-bond acceptors (Lipinski definition) is 5. The number of pyridine rings is 1. The molecule has 7 heteroatoms. The summed E-state index contributed by atoms with van der Waals surface area (Å²) in [7, 11) is 0. The van der Waals surface area contributed by atoms with E-state index < -0.39 is 0 Å². The lowest BCUT2D eigenvalue weighted by molar-refractivity contribution is -0.125. The second-order valence-electron chi connectivity index (χ2n) is 6.98. The van der Waals surface area contributed by atoms with Crippen LogP contribution in [0.3, 0.4) is 0 Å². The predicted molar refractivity (Wildman–Crippen MR) is 103 cm³/mol. The molecule has 0 radical (unpaired) electrons. The SMILES string of the molecule is O=C(NCc1ccncc1)C1CCc2sc(C(=O)N3CCOCC3)cc2C1. The Bertz CT molecular complexity index is 815. The van der Waals surface area contributed by atoms with E-state index >= 15 is 0 Å². The van der Waals surface area contributed by atoms with Crippen LogP contribution in [-0.2, 0) is 28.9 Å². The molecule has 27 heavy (non-hydrogen) atoms. The fourth-order valence-electron chi connectivity index (χ4n) is 3.61. The number of aromatic nitrogens is 1. The highest BCUT2D eigenvalue weighted by atomic mass is 32.1. The molecule has 2 aliphatic rings. The monoisotopic (exact) mass is 385 g/mol. The number of nitrogens with zero attached hydrogens (tertiary/aromatic N) is 2. The van der Waals surface area contributed by atoms with Crippen LogP contribution in [0, 0.1) is 5.92 Å². The molecular formula is C20H23N3O3S. The molecular weight excluding hydrogens is 362 g/mol. The van der Waals surface area contributed by atoms with Crippen LogP contribution in [0.4, 0.5) is 0 Å². The molecule has 2 aromatic heterocycles. The first-order chi connectivity index (χ1) is 13.2. The van der Waals surface area contributed by atoms with Crippen LogP contribution >= 0.6 is 11.3 Å². The molecule has 0 spiro atoms. The zero-order valence-electron chi connectivity index (χ0n) is 15.1. The molecule has 1 N–H and O–H groups in total. The van der Waals surface area contributed by atoms with Gasteiger partial charge in [0.2, 0.25) is 5.91 Å². The van der Waals surface area contributed by atoms with Gasteiger partial charge in [-0.15, -0.1) is 11.3 Å². The van der Waals surface area contributed by atoms with Crippen molar-refractivity contribution in [1.82, 2.24) is 15.2 Å². The lowest BCUT2D eigenvalue weighted by atomic mass is 9.87. The van der Waals surface area contributed by atoms with Crippen molar-refractivity contribution in [2.45, 2.75) is 25.8 Å². The van der Waals surface area contributed by atoms with E-state index in [1.54, 1.807) is 23.7 Å². The zero-order valence-corrected chi connectivity index (χ0v) is 16.0. The Balaban J connectivity index is 1.37. The van der Waals surface area contributed by atoms with Gasteiger partial charge in [0.25, 0.3) is 5.91 Å². The molecule has 1 aliphatic heterocycles. The van der Waals surface area contributed by atoms with E-state index in [1.807, 2.05) is 23.1 Å². The quantitative estimate of drug-likeness (QED) is 0.874. The summed E-state index contributed by atoms with van der Waals surface area (Å²) in [5.41, 5.74) is 2.20. The second-order valence-corrected chi connectivity index (χ2v) is 8.11. The number of carbonyl (C=O) groups is 2. The maximum Gasteiger partial charge on any atom is 0.264 e. The van der Waals surface area contributed by atoms with Crippen LogP contribution in [0.15, 0.2) is 30.6 Å². The Morgan fingerprint density at radius 1 is 1.26 bits per heavy atom. The summed E-state index contributed by atoms with van der Waals surface area (Å²) in [5, 5.41) is 3.03. The van der Waals surface area contributed by atoms with E-state index in [2.05, 4.69) is 10.3 Å². The van der Waals surface area contributed by atoms with Gasteiger partial charge in [-0.25, -0.2) is 0 Å². The van der Waals surface area contributed by atoms with Crippen LogP contribution in [-0.4, -0.2) is 48.0 Å². The molecule has 1 aliphatic carbocycles. The zero-order chi connectivity index (χ0) is 18.6. The molecule has 2 aromatic rings.